The lowest BCUT2D eigenvalue weighted by molar-refractivity contribution is -0.122. The van der Waals surface area contributed by atoms with E-state index in [0.29, 0.717) is 40.6 Å². The van der Waals surface area contributed by atoms with Gasteiger partial charge in [-0.05, 0) is 43.2 Å². The molecule has 1 unspecified atom stereocenters. The average molecular weight is 465 g/mol. The Labute approximate surface area is 194 Å². The molecule has 2 aliphatic heterocycles. The molecule has 1 aromatic heterocycles. The molecule has 1 N–H and O–H groups in total. The average Bonchev–Trinajstić information content (AvgIpc) is 3.44. The number of fused-ring (bicyclic) bond motifs is 2. The van der Waals surface area contributed by atoms with E-state index in [9.17, 15) is 14.4 Å². The summed E-state index contributed by atoms with van der Waals surface area (Å²) in [5.74, 6) is -0.526. The number of carbonyl (C=O) groups excluding carboxylic acids is 3. The van der Waals surface area contributed by atoms with Crippen LogP contribution in [0.2, 0.25) is 5.02 Å². The van der Waals surface area contributed by atoms with Gasteiger partial charge in [-0.2, -0.15) is 0 Å². The number of carbonyl (C=O) groups is 3. The minimum absolute atomic E-state index is 0.0427. The molecule has 3 heterocycles. The Morgan fingerprint density at radius 2 is 2.00 bits per heavy atom. The number of para-hydroxylation sites is 1. The summed E-state index contributed by atoms with van der Waals surface area (Å²) >= 11 is 5.95. The summed E-state index contributed by atoms with van der Waals surface area (Å²) in [6, 6.07) is 13.5. The van der Waals surface area contributed by atoms with Crippen LogP contribution >= 0.6 is 11.6 Å². The zero-order valence-electron chi connectivity index (χ0n) is 17.6. The van der Waals surface area contributed by atoms with Gasteiger partial charge in [0.2, 0.25) is 11.8 Å². The van der Waals surface area contributed by atoms with Gasteiger partial charge in [0.1, 0.15) is 18.3 Å². The minimum atomic E-state index is -0.469. The van der Waals surface area contributed by atoms with Gasteiger partial charge in [0.05, 0.1) is 24.0 Å². The molecule has 3 aromatic rings. The van der Waals surface area contributed by atoms with E-state index in [1.165, 1.54) is 4.68 Å². The molecule has 9 nitrogen and oxygen atoms in total. The lowest BCUT2D eigenvalue weighted by Crippen LogP contribution is -2.44. The Hall–Kier alpha value is -3.72. The lowest BCUT2D eigenvalue weighted by atomic mass is 10.1. The lowest BCUT2D eigenvalue weighted by Gasteiger charge is -2.25. The molecular formula is C23H21ClN6O3. The second kappa shape index (κ2) is 8.67. The van der Waals surface area contributed by atoms with Gasteiger partial charge in [0.15, 0.2) is 0 Å². The summed E-state index contributed by atoms with van der Waals surface area (Å²) in [6.45, 7) is 0.692. The van der Waals surface area contributed by atoms with E-state index in [-0.39, 0.29) is 30.8 Å². The van der Waals surface area contributed by atoms with Crippen LogP contribution in [0.15, 0.2) is 54.7 Å². The van der Waals surface area contributed by atoms with Gasteiger partial charge < -0.3 is 15.1 Å². The third kappa shape index (κ3) is 4.19. The number of amides is 3. The maximum Gasteiger partial charge on any atom is 0.256 e. The van der Waals surface area contributed by atoms with Crippen LogP contribution < -0.4 is 10.2 Å². The summed E-state index contributed by atoms with van der Waals surface area (Å²) in [5.41, 5.74) is 2.18. The fourth-order valence-electron chi connectivity index (χ4n) is 4.34. The van der Waals surface area contributed by atoms with Crippen LogP contribution in [0.5, 0.6) is 0 Å². The molecule has 33 heavy (non-hydrogen) atoms. The third-order valence-electron chi connectivity index (χ3n) is 5.81. The summed E-state index contributed by atoms with van der Waals surface area (Å²) in [7, 11) is 0. The van der Waals surface area contributed by atoms with Gasteiger partial charge in [0, 0.05) is 17.3 Å². The summed E-state index contributed by atoms with van der Waals surface area (Å²) in [6.07, 6.45) is 3.08. The Morgan fingerprint density at radius 1 is 1.15 bits per heavy atom. The number of halogens is 1. The van der Waals surface area contributed by atoms with Crippen molar-refractivity contribution >= 4 is 40.7 Å². The van der Waals surface area contributed by atoms with Gasteiger partial charge in [-0.3, -0.25) is 14.4 Å². The molecular weight excluding hydrogens is 444 g/mol. The first-order chi connectivity index (χ1) is 16.0. The Balaban J connectivity index is 1.34. The maximum absolute atomic E-state index is 13.4. The highest BCUT2D eigenvalue weighted by atomic mass is 35.5. The fourth-order valence-corrected chi connectivity index (χ4v) is 4.53. The number of benzene rings is 2. The van der Waals surface area contributed by atoms with Gasteiger partial charge in [0.25, 0.3) is 5.91 Å². The van der Waals surface area contributed by atoms with Crippen molar-refractivity contribution in [1.29, 1.82) is 0 Å². The van der Waals surface area contributed by atoms with Crippen molar-refractivity contribution in [2.45, 2.75) is 32.0 Å². The van der Waals surface area contributed by atoms with Crippen molar-refractivity contribution in [3.63, 3.8) is 0 Å². The van der Waals surface area contributed by atoms with Crippen LogP contribution in [-0.2, 0) is 22.7 Å². The largest absolute Gasteiger partial charge is 0.327 e. The number of hydrogen-bond acceptors (Lipinski definition) is 5. The number of aromatic nitrogens is 3. The molecule has 1 saturated heterocycles. The molecule has 2 aromatic carbocycles. The minimum Gasteiger partial charge on any atom is -0.327 e. The van der Waals surface area contributed by atoms with E-state index in [1.54, 1.807) is 64.5 Å². The van der Waals surface area contributed by atoms with Gasteiger partial charge in [-0.15, -0.1) is 5.10 Å². The fraction of sp³-hybridized carbons (Fsp3) is 0.261. The number of anilines is 2. The standard InChI is InChI=1S/C23H21ClN6O3/c24-15-5-3-6-16(11-15)25-21(31)14-28-12-17(26-27-28)13-30-19-8-2-1-7-18(19)22(32)29-10-4-9-20(29)23(30)33/h1-3,5-8,11-12,20H,4,9-10,13-14H2,(H,25,31). The molecule has 1 fully saturated rings. The molecule has 0 bridgehead atoms. The van der Waals surface area contributed by atoms with E-state index in [1.807, 2.05) is 0 Å². The van der Waals surface area contributed by atoms with Crippen molar-refractivity contribution in [3.8, 4) is 0 Å². The molecule has 2 aliphatic rings. The first kappa shape index (κ1) is 21.1. The number of nitrogens with zero attached hydrogens (tertiary/aromatic N) is 5. The van der Waals surface area contributed by atoms with E-state index in [2.05, 4.69) is 15.6 Å². The highest BCUT2D eigenvalue weighted by molar-refractivity contribution is 6.30. The predicted molar refractivity (Wildman–Crippen MR) is 122 cm³/mol. The molecule has 0 aliphatic carbocycles. The SMILES string of the molecule is O=C(Cn1cc(CN2C(=O)C3CCCN3C(=O)c3ccccc32)nn1)Nc1cccc(Cl)c1. The van der Waals surface area contributed by atoms with Crippen LogP contribution in [0, 0.1) is 0 Å². The molecule has 5 rings (SSSR count). The van der Waals surface area contributed by atoms with Crippen molar-refractivity contribution in [2.75, 3.05) is 16.8 Å². The first-order valence-electron chi connectivity index (χ1n) is 10.7. The van der Waals surface area contributed by atoms with E-state index >= 15 is 0 Å². The van der Waals surface area contributed by atoms with Crippen molar-refractivity contribution in [2.24, 2.45) is 0 Å². The molecule has 10 heteroatoms. The van der Waals surface area contributed by atoms with E-state index in [0.717, 1.165) is 6.42 Å². The topological polar surface area (TPSA) is 100 Å². The monoisotopic (exact) mass is 464 g/mol. The molecule has 0 saturated carbocycles. The summed E-state index contributed by atoms with van der Waals surface area (Å²) < 4.78 is 1.41. The molecule has 0 spiro atoms. The zero-order chi connectivity index (χ0) is 22.9. The van der Waals surface area contributed by atoms with Crippen LogP contribution in [0.3, 0.4) is 0 Å². The quantitative estimate of drug-likeness (QED) is 0.625. The number of rotatable bonds is 5. The van der Waals surface area contributed by atoms with Crippen LogP contribution in [0.1, 0.15) is 28.9 Å². The number of nitrogens with one attached hydrogen (secondary N) is 1. The second-order valence-corrected chi connectivity index (χ2v) is 8.50. The zero-order valence-corrected chi connectivity index (χ0v) is 18.4. The van der Waals surface area contributed by atoms with Crippen molar-refractivity contribution in [1.82, 2.24) is 19.9 Å². The Kier molecular flexibility index (Phi) is 5.55. The maximum atomic E-state index is 13.4. The Morgan fingerprint density at radius 3 is 2.85 bits per heavy atom. The summed E-state index contributed by atoms with van der Waals surface area (Å²) in [5, 5.41) is 11.5. The van der Waals surface area contributed by atoms with E-state index in [4.69, 9.17) is 11.6 Å². The predicted octanol–water partition coefficient (Wildman–Crippen LogP) is 2.72. The molecule has 168 valence electrons. The van der Waals surface area contributed by atoms with Crippen molar-refractivity contribution in [3.05, 3.63) is 71.0 Å². The normalized spacial score (nSPS) is 17.5. The van der Waals surface area contributed by atoms with Crippen molar-refractivity contribution < 1.29 is 14.4 Å². The molecule has 3 amide bonds. The first-order valence-corrected chi connectivity index (χ1v) is 11.0. The molecule has 0 radical (unpaired) electrons. The second-order valence-electron chi connectivity index (χ2n) is 8.06. The van der Waals surface area contributed by atoms with Gasteiger partial charge in [-0.1, -0.05) is 35.0 Å². The van der Waals surface area contributed by atoms with Crippen LogP contribution in [0.4, 0.5) is 11.4 Å². The molecule has 1 atom stereocenters. The smallest absolute Gasteiger partial charge is 0.256 e. The highest BCUT2D eigenvalue weighted by Gasteiger charge is 2.42. The third-order valence-corrected chi connectivity index (χ3v) is 6.05. The van der Waals surface area contributed by atoms with Gasteiger partial charge >= 0.3 is 0 Å². The van der Waals surface area contributed by atoms with Crippen LogP contribution in [0.25, 0.3) is 0 Å². The highest BCUT2D eigenvalue weighted by Crippen LogP contribution is 2.33. The van der Waals surface area contributed by atoms with Gasteiger partial charge in [-0.25, -0.2) is 4.68 Å². The summed E-state index contributed by atoms with van der Waals surface area (Å²) in [4.78, 5) is 42.0. The Bertz CT molecular complexity index is 1240. The number of hydrogen-bond donors (Lipinski definition) is 1. The van der Waals surface area contributed by atoms with E-state index < -0.39 is 6.04 Å². The van der Waals surface area contributed by atoms with Crippen LogP contribution in [-0.4, -0.2) is 50.2 Å².